The number of para-hydroxylation sites is 1. The van der Waals surface area contributed by atoms with E-state index in [4.69, 9.17) is 4.74 Å². The first-order valence-corrected chi connectivity index (χ1v) is 8.87. The molecule has 2 aromatic carbocycles. The molecule has 4 rings (SSSR count). The van der Waals surface area contributed by atoms with Crippen molar-refractivity contribution in [3.63, 3.8) is 0 Å². The van der Waals surface area contributed by atoms with Crippen molar-refractivity contribution in [3.05, 3.63) is 69.0 Å². The van der Waals surface area contributed by atoms with Crippen molar-refractivity contribution in [2.24, 2.45) is 0 Å². The van der Waals surface area contributed by atoms with Crippen molar-refractivity contribution >= 4 is 27.2 Å². The van der Waals surface area contributed by atoms with Crippen LogP contribution in [0.5, 0.6) is 5.75 Å². The van der Waals surface area contributed by atoms with E-state index in [1.807, 2.05) is 44.2 Å². The first kappa shape index (κ1) is 15.8. The molecule has 0 amide bonds. The standard InChI is InChI=1S/C19H17N3O2S/c1-11-7-6-10-16(12(11)2)24-13(3)17-21-22-18(23)14-8-4-5-9-15(14)20-19(22)25-17/h4-10,13H,1-3H3/t13-/m0/s1. The Morgan fingerprint density at radius 3 is 2.76 bits per heavy atom. The summed E-state index contributed by atoms with van der Waals surface area (Å²) in [5.74, 6) is 0.831. The quantitative estimate of drug-likeness (QED) is 0.558. The second-order valence-corrected chi connectivity index (χ2v) is 7.01. The maximum Gasteiger partial charge on any atom is 0.283 e. The Labute approximate surface area is 148 Å². The Bertz CT molecular complexity index is 1150. The van der Waals surface area contributed by atoms with Gasteiger partial charge in [-0.3, -0.25) is 4.79 Å². The van der Waals surface area contributed by atoms with Gasteiger partial charge < -0.3 is 4.74 Å². The van der Waals surface area contributed by atoms with E-state index in [2.05, 4.69) is 23.1 Å². The molecule has 0 radical (unpaired) electrons. The Morgan fingerprint density at radius 2 is 1.92 bits per heavy atom. The number of benzene rings is 2. The van der Waals surface area contributed by atoms with E-state index in [1.54, 1.807) is 6.07 Å². The van der Waals surface area contributed by atoms with Crippen LogP contribution in [0.4, 0.5) is 0 Å². The molecule has 0 fully saturated rings. The summed E-state index contributed by atoms with van der Waals surface area (Å²) in [5.41, 5.74) is 2.82. The van der Waals surface area contributed by atoms with Crippen molar-refractivity contribution in [3.8, 4) is 5.75 Å². The van der Waals surface area contributed by atoms with E-state index in [0.717, 1.165) is 16.3 Å². The summed E-state index contributed by atoms with van der Waals surface area (Å²) < 4.78 is 7.45. The fourth-order valence-electron chi connectivity index (χ4n) is 2.73. The maximum atomic E-state index is 12.6. The lowest BCUT2D eigenvalue weighted by Crippen LogP contribution is -2.15. The minimum atomic E-state index is -0.269. The van der Waals surface area contributed by atoms with Crippen LogP contribution in [0.15, 0.2) is 47.3 Å². The van der Waals surface area contributed by atoms with E-state index < -0.39 is 0 Å². The van der Waals surface area contributed by atoms with Gasteiger partial charge in [0.2, 0.25) is 4.96 Å². The monoisotopic (exact) mass is 351 g/mol. The van der Waals surface area contributed by atoms with Crippen LogP contribution in [0.1, 0.15) is 29.2 Å². The normalized spacial score (nSPS) is 12.6. The number of hydrogen-bond acceptors (Lipinski definition) is 5. The zero-order chi connectivity index (χ0) is 17.6. The molecule has 0 saturated heterocycles. The number of rotatable bonds is 3. The summed E-state index contributed by atoms with van der Waals surface area (Å²) in [6, 6.07) is 13.3. The minimum Gasteiger partial charge on any atom is -0.483 e. The summed E-state index contributed by atoms with van der Waals surface area (Å²) in [4.78, 5) is 17.7. The molecular weight excluding hydrogens is 334 g/mol. The first-order valence-electron chi connectivity index (χ1n) is 8.06. The van der Waals surface area contributed by atoms with Gasteiger partial charge in [0, 0.05) is 0 Å². The van der Waals surface area contributed by atoms with Crippen molar-refractivity contribution in [2.45, 2.75) is 26.9 Å². The van der Waals surface area contributed by atoms with Gasteiger partial charge in [-0.15, -0.1) is 0 Å². The number of fused-ring (bicyclic) bond motifs is 2. The highest BCUT2D eigenvalue weighted by Gasteiger charge is 2.17. The van der Waals surface area contributed by atoms with Gasteiger partial charge in [-0.05, 0) is 50.1 Å². The Hall–Kier alpha value is -2.73. The van der Waals surface area contributed by atoms with Crippen molar-refractivity contribution in [2.75, 3.05) is 0 Å². The third-order valence-electron chi connectivity index (χ3n) is 4.32. The highest BCUT2D eigenvalue weighted by molar-refractivity contribution is 7.16. The zero-order valence-electron chi connectivity index (χ0n) is 14.2. The van der Waals surface area contributed by atoms with Crippen molar-refractivity contribution < 1.29 is 4.74 Å². The summed E-state index contributed by atoms with van der Waals surface area (Å²) in [6.45, 7) is 6.03. The molecule has 4 aromatic rings. The van der Waals surface area contributed by atoms with Gasteiger partial charge >= 0.3 is 0 Å². The predicted molar refractivity (Wildman–Crippen MR) is 99.6 cm³/mol. The van der Waals surface area contributed by atoms with Crippen LogP contribution in [0.3, 0.4) is 0 Å². The van der Waals surface area contributed by atoms with Gasteiger partial charge in [-0.1, -0.05) is 35.6 Å². The average molecular weight is 351 g/mol. The second kappa shape index (κ2) is 5.97. The first-order chi connectivity index (χ1) is 12.0. The third-order valence-corrected chi connectivity index (χ3v) is 5.39. The Morgan fingerprint density at radius 1 is 1.12 bits per heavy atom. The Balaban J connectivity index is 1.76. The van der Waals surface area contributed by atoms with E-state index in [1.165, 1.54) is 21.4 Å². The molecule has 2 heterocycles. The van der Waals surface area contributed by atoms with Crippen LogP contribution in [-0.2, 0) is 0 Å². The summed E-state index contributed by atoms with van der Waals surface area (Å²) in [6.07, 6.45) is -0.269. The molecule has 0 aliphatic rings. The molecule has 2 aromatic heterocycles. The molecule has 5 nitrogen and oxygen atoms in total. The molecule has 25 heavy (non-hydrogen) atoms. The van der Waals surface area contributed by atoms with Gasteiger partial charge in [0.15, 0.2) is 5.01 Å². The number of hydrogen-bond donors (Lipinski definition) is 0. The zero-order valence-corrected chi connectivity index (χ0v) is 15.0. The van der Waals surface area contributed by atoms with E-state index >= 15 is 0 Å². The highest BCUT2D eigenvalue weighted by Crippen LogP contribution is 2.28. The molecule has 0 bridgehead atoms. The fraction of sp³-hybridized carbons (Fsp3) is 0.211. The maximum absolute atomic E-state index is 12.6. The lowest BCUT2D eigenvalue weighted by atomic mass is 10.1. The molecule has 0 saturated carbocycles. The van der Waals surface area contributed by atoms with E-state index in [0.29, 0.717) is 15.9 Å². The SMILES string of the molecule is Cc1cccc(O[C@@H](C)c2nn3c(=O)c4ccccc4nc3s2)c1C. The smallest absolute Gasteiger partial charge is 0.283 e. The largest absolute Gasteiger partial charge is 0.483 e. The number of aryl methyl sites for hydroxylation is 1. The molecule has 0 unspecified atom stereocenters. The van der Waals surface area contributed by atoms with Gasteiger partial charge in [0.1, 0.15) is 11.9 Å². The average Bonchev–Trinajstić information content (AvgIpc) is 3.04. The van der Waals surface area contributed by atoms with E-state index in [9.17, 15) is 4.79 Å². The lowest BCUT2D eigenvalue weighted by Gasteiger charge is -2.15. The molecule has 0 spiro atoms. The van der Waals surface area contributed by atoms with Crippen LogP contribution in [0.2, 0.25) is 0 Å². The van der Waals surface area contributed by atoms with Crippen LogP contribution < -0.4 is 10.3 Å². The number of nitrogens with zero attached hydrogens (tertiary/aromatic N) is 3. The molecular formula is C19H17N3O2S. The molecule has 0 aliphatic heterocycles. The predicted octanol–water partition coefficient (Wildman–Crippen LogP) is 4.06. The van der Waals surface area contributed by atoms with Crippen molar-refractivity contribution in [1.82, 2.24) is 14.6 Å². The van der Waals surface area contributed by atoms with Gasteiger partial charge in [-0.2, -0.15) is 9.61 Å². The molecule has 1 atom stereocenters. The third kappa shape index (κ3) is 2.68. The number of aromatic nitrogens is 3. The van der Waals surface area contributed by atoms with Crippen LogP contribution in [-0.4, -0.2) is 14.6 Å². The fourth-order valence-corrected chi connectivity index (χ4v) is 3.60. The molecule has 0 N–H and O–H groups in total. The summed E-state index contributed by atoms with van der Waals surface area (Å²) >= 11 is 1.38. The van der Waals surface area contributed by atoms with Crippen molar-refractivity contribution in [1.29, 1.82) is 0 Å². The van der Waals surface area contributed by atoms with Crippen LogP contribution in [0, 0.1) is 13.8 Å². The molecule has 0 aliphatic carbocycles. The van der Waals surface area contributed by atoms with Gasteiger partial charge in [0.05, 0.1) is 10.9 Å². The van der Waals surface area contributed by atoms with Gasteiger partial charge in [-0.25, -0.2) is 4.98 Å². The highest BCUT2D eigenvalue weighted by atomic mass is 32.1. The minimum absolute atomic E-state index is 0.151. The van der Waals surface area contributed by atoms with E-state index in [-0.39, 0.29) is 11.7 Å². The number of ether oxygens (including phenoxy) is 1. The lowest BCUT2D eigenvalue weighted by molar-refractivity contribution is 0.223. The summed E-state index contributed by atoms with van der Waals surface area (Å²) in [5, 5.41) is 5.74. The van der Waals surface area contributed by atoms with Crippen LogP contribution >= 0.6 is 11.3 Å². The second-order valence-electron chi connectivity index (χ2n) is 6.03. The summed E-state index contributed by atoms with van der Waals surface area (Å²) in [7, 11) is 0. The van der Waals surface area contributed by atoms with Crippen LogP contribution in [0.25, 0.3) is 15.9 Å². The molecule has 126 valence electrons. The molecule has 6 heteroatoms. The van der Waals surface area contributed by atoms with Gasteiger partial charge in [0.25, 0.3) is 5.56 Å². The Kier molecular flexibility index (Phi) is 3.77. The topological polar surface area (TPSA) is 56.5 Å².